The molecule has 120 valence electrons. The van der Waals surface area contributed by atoms with E-state index in [0.717, 1.165) is 17.1 Å². The Hall–Kier alpha value is -1.91. The summed E-state index contributed by atoms with van der Waals surface area (Å²) in [6, 6.07) is 0. The van der Waals surface area contributed by atoms with Gasteiger partial charge in [-0.05, 0) is 0 Å². The predicted molar refractivity (Wildman–Crippen MR) is 68.6 cm³/mol. The molecule has 2 aromatic heterocycles. The van der Waals surface area contributed by atoms with Crippen molar-refractivity contribution in [1.82, 2.24) is 14.5 Å². The van der Waals surface area contributed by atoms with E-state index in [1.807, 2.05) is 0 Å². The van der Waals surface area contributed by atoms with Crippen LogP contribution in [0.1, 0.15) is 18.2 Å². The molecule has 0 spiro atoms. The van der Waals surface area contributed by atoms with E-state index < -0.39 is 30.2 Å². The quantitative estimate of drug-likeness (QED) is 0.751. The van der Waals surface area contributed by atoms with Gasteiger partial charge in [-0.15, -0.1) is 0 Å². The molecule has 0 amide bonds. The number of alkyl halides is 3. The normalized spacial score (nSPS) is 26.0. The van der Waals surface area contributed by atoms with Crippen molar-refractivity contribution in [2.24, 2.45) is 0 Å². The van der Waals surface area contributed by atoms with Gasteiger partial charge < -0.3 is 25.3 Å². The fourth-order valence-corrected chi connectivity index (χ4v) is 2.61. The van der Waals surface area contributed by atoms with Crippen LogP contribution in [0.15, 0.2) is 12.5 Å². The van der Waals surface area contributed by atoms with Gasteiger partial charge in [0.2, 0.25) is 0 Å². The van der Waals surface area contributed by atoms with E-state index in [1.165, 1.54) is 0 Å². The smallest absolute Gasteiger partial charge is 0.394 e. The third-order valence-corrected chi connectivity index (χ3v) is 3.59. The third-order valence-electron chi connectivity index (χ3n) is 3.59. The van der Waals surface area contributed by atoms with Crippen LogP contribution in [0, 0.1) is 0 Å². The minimum absolute atomic E-state index is 0.0811. The maximum Gasteiger partial charge on any atom is 0.418 e. The molecule has 10 heteroatoms. The molecule has 3 rings (SSSR count). The molecule has 1 aliphatic heterocycles. The van der Waals surface area contributed by atoms with Gasteiger partial charge in [0, 0.05) is 12.6 Å². The lowest BCUT2D eigenvalue weighted by Crippen LogP contribution is -2.19. The summed E-state index contributed by atoms with van der Waals surface area (Å²) in [7, 11) is 0. The van der Waals surface area contributed by atoms with Crippen molar-refractivity contribution in [3.05, 3.63) is 18.1 Å². The fourth-order valence-electron chi connectivity index (χ4n) is 2.61. The Kier molecular flexibility index (Phi) is 3.46. The van der Waals surface area contributed by atoms with Crippen molar-refractivity contribution < 1.29 is 28.1 Å². The average molecular weight is 318 g/mol. The summed E-state index contributed by atoms with van der Waals surface area (Å²) in [5.74, 6) is -0.303. The summed E-state index contributed by atoms with van der Waals surface area (Å²) < 4.78 is 46.0. The van der Waals surface area contributed by atoms with Crippen LogP contribution in [0.5, 0.6) is 0 Å². The second-order valence-electron chi connectivity index (χ2n) is 5.04. The van der Waals surface area contributed by atoms with Gasteiger partial charge >= 0.3 is 6.18 Å². The summed E-state index contributed by atoms with van der Waals surface area (Å²) in [6.45, 7) is -0.337. The first-order valence-electron chi connectivity index (χ1n) is 6.45. The fraction of sp³-hybridized carbons (Fsp3) is 0.500. The Morgan fingerprint density at radius 1 is 1.41 bits per heavy atom. The van der Waals surface area contributed by atoms with Crippen LogP contribution in [0.3, 0.4) is 0 Å². The molecule has 3 atom stereocenters. The summed E-state index contributed by atoms with van der Waals surface area (Å²) in [6.07, 6.45) is -5.49. The molecular weight excluding hydrogens is 305 g/mol. The summed E-state index contributed by atoms with van der Waals surface area (Å²) in [4.78, 5) is 7.41. The number of nitrogen functional groups attached to an aromatic ring is 1. The highest BCUT2D eigenvalue weighted by molar-refractivity contribution is 5.90. The molecule has 0 bridgehead atoms. The molecule has 3 heterocycles. The lowest BCUT2D eigenvalue weighted by Gasteiger charge is -2.17. The number of rotatable bonds is 2. The van der Waals surface area contributed by atoms with Gasteiger partial charge in [-0.3, -0.25) is 0 Å². The number of aliphatic hydroxyl groups excluding tert-OH is 2. The van der Waals surface area contributed by atoms with Crippen molar-refractivity contribution >= 4 is 16.9 Å². The van der Waals surface area contributed by atoms with E-state index in [2.05, 4.69) is 9.97 Å². The van der Waals surface area contributed by atoms with Crippen molar-refractivity contribution in [2.45, 2.75) is 31.0 Å². The average Bonchev–Trinajstić information content (AvgIpc) is 2.99. The molecule has 0 aromatic carbocycles. The number of anilines is 1. The number of nitrogens with zero attached hydrogens (tertiary/aromatic N) is 3. The Labute approximate surface area is 122 Å². The number of aromatic nitrogens is 3. The number of nitrogens with two attached hydrogens (primary N) is 1. The van der Waals surface area contributed by atoms with Gasteiger partial charge in [-0.2, -0.15) is 13.2 Å². The van der Waals surface area contributed by atoms with Crippen molar-refractivity contribution in [3.8, 4) is 0 Å². The van der Waals surface area contributed by atoms with E-state index in [0.29, 0.717) is 0 Å². The monoisotopic (exact) mass is 318 g/mol. The van der Waals surface area contributed by atoms with Crippen LogP contribution in [0.2, 0.25) is 0 Å². The molecule has 2 aromatic rings. The van der Waals surface area contributed by atoms with Crippen molar-refractivity contribution in [2.75, 3.05) is 12.3 Å². The number of fused-ring (bicyclic) bond motifs is 1. The van der Waals surface area contributed by atoms with Crippen LogP contribution in [0.4, 0.5) is 19.0 Å². The van der Waals surface area contributed by atoms with Crippen LogP contribution in [-0.2, 0) is 10.9 Å². The predicted octanol–water partition coefficient (Wildman–Crippen LogP) is 0.673. The van der Waals surface area contributed by atoms with Crippen LogP contribution in [0.25, 0.3) is 11.0 Å². The number of ether oxygens (including phenoxy) is 1. The van der Waals surface area contributed by atoms with Gasteiger partial charge in [0.15, 0.2) is 6.23 Å². The number of aliphatic hydroxyl groups is 2. The Balaban J connectivity index is 2.17. The molecule has 1 saturated heterocycles. The van der Waals surface area contributed by atoms with Gasteiger partial charge in [0.1, 0.15) is 23.9 Å². The molecule has 1 aliphatic rings. The molecule has 0 saturated carbocycles. The molecule has 0 radical (unpaired) electrons. The van der Waals surface area contributed by atoms with Crippen LogP contribution < -0.4 is 5.73 Å². The molecule has 0 unspecified atom stereocenters. The maximum atomic E-state index is 13.2. The van der Waals surface area contributed by atoms with Gasteiger partial charge in [-0.25, -0.2) is 9.97 Å². The van der Waals surface area contributed by atoms with Gasteiger partial charge in [-0.1, -0.05) is 0 Å². The summed E-state index contributed by atoms with van der Waals surface area (Å²) >= 11 is 0. The SMILES string of the molecule is Nc1ncnc2c1c(C(F)(F)F)cn2[C@@H]1O[C@H](CO)C[C@H]1O. The highest BCUT2D eigenvalue weighted by Crippen LogP contribution is 2.40. The lowest BCUT2D eigenvalue weighted by atomic mass is 10.2. The largest absolute Gasteiger partial charge is 0.418 e. The molecular formula is C12H13F3N4O3. The van der Waals surface area contributed by atoms with Crippen molar-refractivity contribution in [1.29, 1.82) is 0 Å². The van der Waals surface area contributed by atoms with E-state index in [-0.39, 0.29) is 29.9 Å². The zero-order valence-corrected chi connectivity index (χ0v) is 11.2. The standard InChI is InChI=1S/C12H13F3N4O3/c13-12(14,15)6-2-19(10-8(6)9(16)17-4-18-10)11-7(21)1-5(3-20)22-11/h2,4-5,7,11,20-21H,1,3H2,(H2,16,17,18)/t5-,7+,11+/m0/s1. The second kappa shape index (κ2) is 5.07. The number of hydrogen-bond acceptors (Lipinski definition) is 6. The molecule has 0 aliphatic carbocycles. The molecule has 22 heavy (non-hydrogen) atoms. The highest BCUT2D eigenvalue weighted by Gasteiger charge is 2.40. The van der Waals surface area contributed by atoms with Gasteiger partial charge in [0.25, 0.3) is 0 Å². The van der Waals surface area contributed by atoms with Crippen LogP contribution >= 0.6 is 0 Å². The van der Waals surface area contributed by atoms with E-state index >= 15 is 0 Å². The van der Waals surface area contributed by atoms with E-state index in [1.54, 1.807) is 0 Å². The molecule has 4 N–H and O–H groups in total. The first-order chi connectivity index (χ1) is 10.3. The summed E-state index contributed by atoms with van der Waals surface area (Å²) in [5.41, 5.74) is 4.47. The Bertz CT molecular complexity index is 703. The summed E-state index contributed by atoms with van der Waals surface area (Å²) in [5, 5.41) is 18.7. The number of halogens is 3. The van der Waals surface area contributed by atoms with E-state index in [4.69, 9.17) is 15.6 Å². The molecule has 7 nitrogen and oxygen atoms in total. The Morgan fingerprint density at radius 2 is 2.14 bits per heavy atom. The van der Waals surface area contributed by atoms with Gasteiger partial charge in [0.05, 0.1) is 23.7 Å². The van der Waals surface area contributed by atoms with Crippen molar-refractivity contribution in [3.63, 3.8) is 0 Å². The first-order valence-corrected chi connectivity index (χ1v) is 6.45. The minimum Gasteiger partial charge on any atom is -0.394 e. The topological polar surface area (TPSA) is 106 Å². The van der Waals surface area contributed by atoms with Crippen LogP contribution in [-0.4, -0.2) is 43.6 Å². The highest BCUT2D eigenvalue weighted by atomic mass is 19.4. The zero-order valence-electron chi connectivity index (χ0n) is 11.2. The molecule has 1 fully saturated rings. The lowest BCUT2D eigenvalue weighted by molar-refractivity contribution is -0.136. The first kappa shape index (κ1) is 15.0. The second-order valence-corrected chi connectivity index (χ2v) is 5.04. The zero-order chi connectivity index (χ0) is 16.1. The minimum atomic E-state index is -4.65. The van der Waals surface area contributed by atoms with E-state index in [9.17, 15) is 18.3 Å². The number of hydrogen-bond donors (Lipinski definition) is 3. The maximum absolute atomic E-state index is 13.2. The Morgan fingerprint density at radius 3 is 2.73 bits per heavy atom. The third kappa shape index (κ3) is 2.28.